The van der Waals surface area contributed by atoms with Crippen molar-refractivity contribution >= 4 is 46.9 Å². The van der Waals surface area contributed by atoms with Crippen molar-refractivity contribution < 1.29 is 4.79 Å². The average Bonchev–Trinajstić information content (AvgIpc) is 3.06. The second kappa shape index (κ2) is 10.1. The summed E-state index contributed by atoms with van der Waals surface area (Å²) >= 11 is 4.61. The van der Waals surface area contributed by atoms with Crippen LogP contribution in [0, 0.1) is 0 Å². The molecule has 1 atom stereocenters. The molecule has 1 saturated heterocycles. The first-order valence-corrected chi connectivity index (χ1v) is 7.42. The van der Waals surface area contributed by atoms with E-state index in [9.17, 15) is 4.79 Å². The molecule has 0 saturated carbocycles. The predicted molar refractivity (Wildman–Crippen MR) is 98.7 cm³/mol. The van der Waals surface area contributed by atoms with Crippen LogP contribution < -0.4 is 21.9 Å². The lowest BCUT2D eigenvalue weighted by atomic mass is 10.1. The molecule has 2 heterocycles. The van der Waals surface area contributed by atoms with E-state index < -0.39 is 0 Å². The Morgan fingerprint density at radius 3 is 2.83 bits per heavy atom. The number of hydrogen-bond donors (Lipinski definition) is 4. The third-order valence-electron chi connectivity index (χ3n) is 3.25. The summed E-state index contributed by atoms with van der Waals surface area (Å²) in [5, 5.41) is 4.51. The molecule has 1 aliphatic heterocycles. The SMILES string of the molecule is Cl.NC(=S)NNC1CCNC1.O=Cc1cccc2cccnc12. The Labute approximate surface area is 146 Å². The van der Waals surface area contributed by atoms with Crippen LogP contribution in [0.3, 0.4) is 0 Å². The van der Waals surface area contributed by atoms with E-state index in [4.69, 9.17) is 5.73 Å². The highest BCUT2D eigenvalue weighted by Gasteiger charge is 2.12. The lowest BCUT2D eigenvalue weighted by molar-refractivity contribution is 0.112. The summed E-state index contributed by atoms with van der Waals surface area (Å²) in [5.74, 6) is 0. The molecule has 8 heteroatoms. The van der Waals surface area contributed by atoms with Crippen molar-refractivity contribution in [1.82, 2.24) is 21.2 Å². The van der Waals surface area contributed by atoms with Gasteiger partial charge >= 0.3 is 0 Å². The molecule has 2 aromatic rings. The normalized spacial score (nSPS) is 15.9. The zero-order chi connectivity index (χ0) is 15.8. The van der Waals surface area contributed by atoms with Crippen molar-refractivity contribution in [3.05, 3.63) is 42.1 Å². The number of aromatic nitrogens is 1. The number of rotatable bonds is 3. The highest BCUT2D eigenvalue weighted by molar-refractivity contribution is 7.80. The van der Waals surface area contributed by atoms with Crippen LogP contribution in [-0.2, 0) is 0 Å². The Morgan fingerprint density at radius 2 is 2.17 bits per heavy atom. The van der Waals surface area contributed by atoms with E-state index >= 15 is 0 Å². The van der Waals surface area contributed by atoms with Crippen molar-refractivity contribution in [3.63, 3.8) is 0 Å². The molecule has 0 spiro atoms. The highest BCUT2D eigenvalue weighted by Crippen LogP contribution is 2.13. The Balaban J connectivity index is 0.000000224. The van der Waals surface area contributed by atoms with E-state index in [2.05, 4.69) is 33.4 Å². The van der Waals surface area contributed by atoms with Gasteiger partial charge in [0.05, 0.1) is 5.52 Å². The van der Waals surface area contributed by atoms with Gasteiger partial charge in [-0.15, -0.1) is 12.4 Å². The van der Waals surface area contributed by atoms with E-state index in [0.29, 0.717) is 16.7 Å². The van der Waals surface area contributed by atoms with Gasteiger partial charge in [-0.05, 0) is 37.3 Å². The number of carbonyl (C=O) groups excluding carboxylic acids is 1. The molecule has 1 unspecified atom stereocenters. The van der Waals surface area contributed by atoms with Crippen molar-refractivity contribution in [3.8, 4) is 0 Å². The minimum Gasteiger partial charge on any atom is -0.375 e. The number of halogens is 1. The first-order valence-electron chi connectivity index (χ1n) is 7.01. The molecule has 1 fully saturated rings. The predicted octanol–water partition coefficient (Wildman–Crippen LogP) is 1.16. The lowest BCUT2D eigenvalue weighted by Gasteiger charge is -2.11. The summed E-state index contributed by atoms with van der Waals surface area (Å²) in [6.07, 6.45) is 3.64. The van der Waals surface area contributed by atoms with Gasteiger partial charge in [0.15, 0.2) is 11.4 Å². The Morgan fingerprint density at radius 1 is 1.39 bits per heavy atom. The molecule has 1 aromatic heterocycles. The van der Waals surface area contributed by atoms with Crippen LogP contribution in [0.1, 0.15) is 16.8 Å². The van der Waals surface area contributed by atoms with Crippen LogP contribution in [0.25, 0.3) is 10.9 Å². The number of hydrazine groups is 1. The first kappa shape index (κ1) is 19.2. The monoisotopic (exact) mass is 353 g/mol. The molecule has 5 N–H and O–H groups in total. The zero-order valence-electron chi connectivity index (χ0n) is 12.5. The molecular formula is C15H20ClN5OS. The number of benzene rings is 1. The molecular weight excluding hydrogens is 334 g/mol. The number of nitrogens with one attached hydrogen (secondary N) is 3. The molecule has 0 radical (unpaired) electrons. The van der Waals surface area contributed by atoms with Gasteiger partial charge in [0, 0.05) is 29.7 Å². The molecule has 0 bridgehead atoms. The van der Waals surface area contributed by atoms with Crippen LogP contribution in [0.4, 0.5) is 0 Å². The van der Waals surface area contributed by atoms with Gasteiger partial charge in [-0.1, -0.05) is 18.2 Å². The largest absolute Gasteiger partial charge is 0.375 e. The van der Waals surface area contributed by atoms with E-state index in [-0.39, 0.29) is 12.4 Å². The molecule has 6 nitrogen and oxygen atoms in total. The van der Waals surface area contributed by atoms with E-state index in [1.807, 2.05) is 24.3 Å². The standard InChI is InChI=1S/C10H7NO.C5H12N4S.ClH/c12-7-9-4-1-3-8-5-2-6-11-10(8)9;6-5(10)9-8-4-1-2-7-3-4;/h1-7H;4,7-8H,1-3H2,(H3,6,9,10);1H. The fraction of sp³-hybridized carbons (Fsp3) is 0.267. The maximum absolute atomic E-state index is 10.6. The highest BCUT2D eigenvalue weighted by atomic mass is 35.5. The second-order valence-electron chi connectivity index (χ2n) is 4.86. The smallest absolute Gasteiger partial charge is 0.178 e. The van der Waals surface area contributed by atoms with Crippen molar-refractivity contribution in [1.29, 1.82) is 0 Å². The Bertz CT molecular complexity index is 643. The number of pyridine rings is 1. The second-order valence-corrected chi connectivity index (χ2v) is 5.30. The van der Waals surface area contributed by atoms with Crippen molar-refractivity contribution in [2.24, 2.45) is 5.73 Å². The summed E-state index contributed by atoms with van der Waals surface area (Å²) in [7, 11) is 0. The van der Waals surface area contributed by atoms with Crippen molar-refractivity contribution in [2.75, 3.05) is 13.1 Å². The lowest BCUT2D eigenvalue weighted by Crippen LogP contribution is -2.47. The maximum atomic E-state index is 10.6. The number of nitrogens with two attached hydrogens (primary N) is 1. The summed E-state index contributed by atoms with van der Waals surface area (Å²) in [5.41, 5.74) is 12.3. The minimum absolute atomic E-state index is 0. The number of para-hydroxylation sites is 1. The maximum Gasteiger partial charge on any atom is 0.178 e. The van der Waals surface area contributed by atoms with Crippen LogP contribution in [0.2, 0.25) is 0 Å². The summed E-state index contributed by atoms with van der Waals surface area (Å²) in [6.45, 7) is 2.05. The number of thiocarbonyl (C=S) groups is 1. The van der Waals surface area contributed by atoms with Gasteiger partial charge in [0.2, 0.25) is 0 Å². The van der Waals surface area contributed by atoms with Gasteiger partial charge in [-0.3, -0.25) is 15.2 Å². The summed E-state index contributed by atoms with van der Waals surface area (Å²) in [4.78, 5) is 14.7. The molecule has 124 valence electrons. The fourth-order valence-corrected chi connectivity index (χ4v) is 2.23. The van der Waals surface area contributed by atoms with Crippen LogP contribution in [0.15, 0.2) is 36.5 Å². The quantitative estimate of drug-likeness (QED) is 0.374. The van der Waals surface area contributed by atoms with Crippen molar-refractivity contribution in [2.45, 2.75) is 12.5 Å². The third-order valence-corrected chi connectivity index (χ3v) is 3.35. The molecule has 1 aromatic carbocycles. The molecule has 0 aliphatic carbocycles. The summed E-state index contributed by atoms with van der Waals surface area (Å²) < 4.78 is 0. The molecule has 3 rings (SSSR count). The molecule has 0 amide bonds. The van der Waals surface area contributed by atoms with E-state index in [0.717, 1.165) is 36.7 Å². The van der Waals surface area contributed by atoms with Crippen LogP contribution in [-0.4, -0.2) is 35.5 Å². The Hall–Kier alpha value is -1.80. The van der Waals surface area contributed by atoms with Crippen LogP contribution >= 0.6 is 24.6 Å². The van der Waals surface area contributed by atoms with Gasteiger partial charge in [-0.2, -0.15) is 0 Å². The number of nitrogens with zero attached hydrogens (tertiary/aromatic N) is 1. The van der Waals surface area contributed by atoms with Crippen LogP contribution in [0.5, 0.6) is 0 Å². The number of fused-ring (bicyclic) bond motifs is 1. The average molecular weight is 354 g/mol. The zero-order valence-corrected chi connectivity index (χ0v) is 14.1. The fourth-order valence-electron chi connectivity index (χ4n) is 2.17. The van der Waals surface area contributed by atoms with Gasteiger partial charge < -0.3 is 11.1 Å². The summed E-state index contributed by atoms with van der Waals surface area (Å²) in [6, 6.07) is 9.82. The number of hydrogen-bond acceptors (Lipinski definition) is 5. The van der Waals surface area contributed by atoms with E-state index in [1.54, 1.807) is 12.3 Å². The minimum atomic E-state index is 0. The van der Waals surface area contributed by atoms with Gasteiger partial charge in [-0.25, -0.2) is 5.43 Å². The Kier molecular flexibility index (Phi) is 8.42. The third kappa shape index (κ3) is 6.07. The van der Waals surface area contributed by atoms with E-state index in [1.165, 1.54) is 0 Å². The number of carbonyl (C=O) groups is 1. The number of aldehydes is 1. The molecule has 1 aliphatic rings. The van der Waals surface area contributed by atoms with Gasteiger partial charge in [0.1, 0.15) is 0 Å². The van der Waals surface area contributed by atoms with Gasteiger partial charge in [0.25, 0.3) is 0 Å². The topological polar surface area (TPSA) is 92.1 Å². The molecule has 23 heavy (non-hydrogen) atoms. The first-order chi connectivity index (χ1) is 10.7.